The lowest BCUT2D eigenvalue weighted by Gasteiger charge is -2.10. The Morgan fingerprint density at radius 1 is 1.50 bits per heavy atom. The van der Waals surface area contributed by atoms with E-state index in [4.69, 9.17) is 4.74 Å². The topological polar surface area (TPSA) is 38.3 Å². The second-order valence-corrected chi connectivity index (χ2v) is 3.79. The van der Waals surface area contributed by atoms with Gasteiger partial charge in [-0.1, -0.05) is 18.7 Å². The van der Waals surface area contributed by atoms with Gasteiger partial charge >= 0.3 is 0 Å². The minimum absolute atomic E-state index is 0.0936. The zero-order valence-electron chi connectivity index (χ0n) is 9.91. The lowest BCUT2D eigenvalue weighted by atomic mass is 10.1. The van der Waals surface area contributed by atoms with Gasteiger partial charge in [-0.2, -0.15) is 0 Å². The highest BCUT2D eigenvalue weighted by Crippen LogP contribution is 2.21. The van der Waals surface area contributed by atoms with E-state index in [1.165, 1.54) is 0 Å². The smallest absolute Gasteiger partial charge is 0.251 e. The lowest BCUT2D eigenvalue weighted by Crippen LogP contribution is -2.30. The first-order valence-corrected chi connectivity index (χ1v) is 5.19. The van der Waals surface area contributed by atoms with Crippen LogP contribution in [-0.4, -0.2) is 19.1 Å². The number of benzene rings is 1. The Labute approximate surface area is 96.1 Å². The van der Waals surface area contributed by atoms with Crippen molar-refractivity contribution in [3.63, 3.8) is 0 Å². The molecule has 0 unspecified atom stereocenters. The van der Waals surface area contributed by atoms with Gasteiger partial charge in [0.2, 0.25) is 0 Å². The first-order chi connectivity index (χ1) is 7.58. The summed E-state index contributed by atoms with van der Waals surface area (Å²) in [6.07, 6.45) is 1.70. The number of hydrogen-bond acceptors (Lipinski definition) is 2. The summed E-state index contributed by atoms with van der Waals surface area (Å²) in [6.45, 7) is 7.53. The average molecular weight is 219 g/mol. The number of methoxy groups -OCH3 is 1. The zero-order chi connectivity index (χ0) is 12.1. The number of hydrogen-bond donors (Lipinski definition) is 1. The van der Waals surface area contributed by atoms with Crippen molar-refractivity contribution < 1.29 is 9.53 Å². The van der Waals surface area contributed by atoms with Crippen molar-refractivity contribution in [2.45, 2.75) is 19.9 Å². The highest BCUT2D eigenvalue weighted by molar-refractivity contribution is 5.95. The Kier molecular flexibility index (Phi) is 4.11. The minimum atomic E-state index is -0.0936. The van der Waals surface area contributed by atoms with E-state index in [9.17, 15) is 4.79 Å². The van der Waals surface area contributed by atoms with Crippen LogP contribution >= 0.6 is 0 Å². The van der Waals surface area contributed by atoms with Crippen LogP contribution in [0, 0.1) is 0 Å². The van der Waals surface area contributed by atoms with E-state index in [2.05, 4.69) is 11.9 Å². The van der Waals surface area contributed by atoms with Crippen molar-refractivity contribution in [2.24, 2.45) is 0 Å². The van der Waals surface area contributed by atoms with Crippen molar-refractivity contribution in [3.05, 3.63) is 35.9 Å². The van der Waals surface area contributed by atoms with E-state index in [0.717, 1.165) is 5.56 Å². The minimum Gasteiger partial charge on any atom is -0.496 e. The van der Waals surface area contributed by atoms with Gasteiger partial charge in [0.1, 0.15) is 5.75 Å². The molecule has 1 amide bonds. The third-order valence-electron chi connectivity index (χ3n) is 2.14. The summed E-state index contributed by atoms with van der Waals surface area (Å²) in [6, 6.07) is 5.42. The highest BCUT2D eigenvalue weighted by atomic mass is 16.5. The molecule has 0 heterocycles. The summed E-state index contributed by atoms with van der Waals surface area (Å²) in [5, 5.41) is 2.83. The monoisotopic (exact) mass is 219 g/mol. The van der Waals surface area contributed by atoms with Crippen LogP contribution in [-0.2, 0) is 0 Å². The van der Waals surface area contributed by atoms with Gasteiger partial charge in [-0.25, -0.2) is 0 Å². The van der Waals surface area contributed by atoms with E-state index in [-0.39, 0.29) is 11.9 Å². The molecule has 1 aromatic carbocycles. The third-order valence-corrected chi connectivity index (χ3v) is 2.14. The van der Waals surface area contributed by atoms with Crippen molar-refractivity contribution in [3.8, 4) is 5.75 Å². The quantitative estimate of drug-likeness (QED) is 0.844. The second kappa shape index (κ2) is 5.35. The van der Waals surface area contributed by atoms with Crippen molar-refractivity contribution in [1.82, 2.24) is 5.32 Å². The lowest BCUT2D eigenvalue weighted by molar-refractivity contribution is 0.0943. The Morgan fingerprint density at radius 3 is 2.69 bits per heavy atom. The molecule has 0 bridgehead atoms. The van der Waals surface area contributed by atoms with Crippen LogP contribution in [0.5, 0.6) is 5.75 Å². The molecule has 3 heteroatoms. The van der Waals surface area contributed by atoms with Crippen LogP contribution in [0.15, 0.2) is 24.8 Å². The molecule has 0 atom stereocenters. The molecule has 0 aliphatic carbocycles. The Morgan fingerprint density at radius 2 is 2.19 bits per heavy atom. The maximum Gasteiger partial charge on any atom is 0.251 e. The molecular formula is C13H17NO2. The van der Waals surface area contributed by atoms with Crippen LogP contribution in [0.25, 0.3) is 6.08 Å². The van der Waals surface area contributed by atoms with Gasteiger partial charge in [0, 0.05) is 17.2 Å². The second-order valence-electron chi connectivity index (χ2n) is 3.79. The molecule has 0 aromatic heterocycles. The number of carbonyl (C=O) groups is 1. The highest BCUT2D eigenvalue weighted by Gasteiger charge is 2.09. The van der Waals surface area contributed by atoms with Crippen LogP contribution in [0.1, 0.15) is 29.8 Å². The summed E-state index contributed by atoms with van der Waals surface area (Å²) >= 11 is 0. The van der Waals surface area contributed by atoms with Crippen LogP contribution in [0.4, 0.5) is 0 Å². The fraction of sp³-hybridized carbons (Fsp3) is 0.308. The molecule has 0 aliphatic heterocycles. The predicted octanol–water partition coefficient (Wildman–Crippen LogP) is 2.48. The van der Waals surface area contributed by atoms with E-state index in [1.807, 2.05) is 19.9 Å². The molecule has 86 valence electrons. The largest absolute Gasteiger partial charge is 0.496 e. The molecule has 0 spiro atoms. The van der Waals surface area contributed by atoms with E-state index >= 15 is 0 Å². The van der Waals surface area contributed by atoms with Gasteiger partial charge in [-0.15, -0.1) is 0 Å². The van der Waals surface area contributed by atoms with Crippen LogP contribution < -0.4 is 10.1 Å². The first kappa shape index (κ1) is 12.3. The summed E-state index contributed by atoms with van der Waals surface area (Å²) in [7, 11) is 1.58. The van der Waals surface area contributed by atoms with Crippen molar-refractivity contribution >= 4 is 12.0 Å². The molecule has 1 aromatic rings. The van der Waals surface area contributed by atoms with Gasteiger partial charge in [0.05, 0.1) is 7.11 Å². The summed E-state index contributed by atoms with van der Waals surface area (Å²) in [4.78, 5) is 11.7. The maximum absolute atomic E-state index is 11.7. The predicted molar refractivity (Wildman–Crippen MR) is 65.7 cm³/mol. The fourth-order valence-electron chi connectivity index (χ4n) is 1.37. The van der Waals surface area contributed by atoms with E-state index < -0.39 is 0 Å². The molecule has 0 radical (unpaired) electrons. The molecule has 3 nitrogen and oxygen atoms in total. The Balaban J connectivity index is 2.98. The number of carbonyl (C=O) groups excluding carboxylic acids is 1. The van der Waals surface area contributed by atoms with Crippen molar-refractivity contribution in [2.75, 3.05) is 7.11 Å². The molecule has 0 fully saturated rings. The van der Waals surface area contributed by atoms with Gasteiger partial charge in [0.25, 0.3) is 5.91 Å². The summed E-state index contributed by atoms with van der Waals surface area (Å²) in [5.74, 6) is 0.565. The van der Waals surface area contributed by atoms with Crippen LogP contribution in [0.3, 0.4) is 0 Å². The summed E-state index contributed by atoms with van der Waals surface area (Å²) < 4.78 is 5.18. The number of nitrogens with one attached hydrogen (secondary N) is 1. The van der Waals surface area contributed by atoms with Gasteiger partial charge < -0.3 is 10.1 Å². The molecule has 0 aliphatic rings. The summed E-state index contributed by atoms with van der Waals surface area (Å²) in [5.41, 5.74) is 1.47. The number of rotatable bonds is 4. The molecule has 0 saturated heterocycles. The van der Waals surface area contributed by atoms with E-state index in [0.29, 0.717) is 11.3 Å². The molecule has 1 rings (SSSR count). The van der Waals surface area contributed by atoms with Gasteiger partial charge in [0.15, 0.2) is 0 Å². The van der Waals surface area contributed by atoms with Crippen LogP contribution in [0.2, 0.25) is 0 Å². The van der Waals surface area contributed by atoms with Gasteiger partial charge in [-0.3, -0.25) is 4.79 Å². The molecular weight excluding hydrogens is 202 g/mol. The maximum atomic E-state index is 11.7. The molecule has 16 heavy (non-hydrogen) atoms. The fourth-order valence-corrected chi connectivity index (χ4v) is 1.37. The zero-order valence-corrected chi connectivity index (χ0v) is 9.91. The number of ether oxygens (including phenoxy) is 1. The Bertz CT molecular complexity index is 397. The van der Waals surface area contributed by atoms with Gasteiger partial charge in [-0.05, 0) is 26.0 Å². The Hall–Kier alpha value is -1.77. The number of amides is 1. The SMILES string of the molecule is C=Cc1ccc(C(=O)NC(C)C)cc1OC. The van der Waals surface area contributed by atoms with E-state index in [1.54, 1.807) is 25.3 Å². The first-order valence-electron chi connectivity index (χ1n) is 5.19. The molecule has 0 saturated carbocycles. The third kappa shape index (κ3) is 2.86. The van der Waals surface area contributed by atoms with Crippen molar-refractivity contribution in [1.29, 1.82) is 0 Å². The molecule has 1 N–H and O–H groups in total. The average Bonchev–Trinajstić information content (AvgIpc) is 2.27. The normalized spacial score (nSPS) is 10.0. The standard InChI is InChI=1S/C13H17NO2/c1-5-10-6-7-11(8-12(10)16-4)13(15)14-9(2)3/h5-9H,1H2,2-4H3,(H,14,15).